The normalized spacial score (nSPS) is 10.9. The Balaban J connectivity index is 1.84. The quantitative estimate of drug-likeness (QED) is 0.429. The highest BCUT2D eigenvalue weighted by Gasteiger charge is 2.22. The SMILES string of the molecule is COC(=O)Nc1cc(-c2cc(-c3cc(NC(=O)OCC(Cl)(Cl)Cl)cnc3C)ccn2)ccn1. The first-order chi connectivity index (χ1) is 15.6. The Kier molecular flexibility index (Phi) is 7.91. The largest absolute Gasteiger partial charge is 0.453 e. The third-order valence-electron chi connectivity index (χ3n) is 4.24. The van der Waals surface area contributed by atoms with E-state index in [-0.39, 0.29) is 0 Å². The van der Waals surface area contributed by atoms with Gasteiger partial charge in [0.05, 0.1) is 24.7 Å². The molecule has 0 aromatic carbocycles. The summed E-state index contributed by atoms with van der Waals surface area (Å²) < 4.78 is 7.76. The molecule has 3 heterocycles. The van der Waals surface area contributed by atoms with Crippen molar-refractivity contribution >= 4 is 58.5 Å². The highest BCUT2D eigenvalue weighted by Crippen LogP contribution is 2.29. The lowest BCUT2D eigenvalue weighted by molar-refractivity contribution is 0.164. The molecule has 172 valence electrons. The van der Waals surface area contributed by atoms with Gasteiger partial charge in [0.15, 0.2) is 0 Å². The molecular formula is C21H18Cl3N5O4. The molecule has 0 aliphatic carbocycles. The number of amides is 2. The van der Waals surface area contributed by atoms with Crippen molar-refractivity contribution in [2.24, 2.45) is 0 Å². The van der Waals surface area contributed by atoms with Crippen molar-refractivity contribution in [1.82, 2.24) is 15.0 Å². The minimum Gasteiger partial charge on any atom is -0.453 e. The topological polar surface area (TPSA) is 115 Å². The summed E-state index contributed by atoms with van der Waals surface area (Å²) in [4.78, 5) is 36.2. The maximum absolute atomic E-state index is 12.0. The Morgan fingerprint density at radius 3 is 2.42 bits per heavy atom. The maximum atomic E-state index is 12.0. The fourth-order valence-electron chi connectivity index (χ4n) is 2.76. The number of ether oxygens (including phenoxy) is 2. The molecule has 3 rings (SSSR count). The van der Waals surface area contributed by atoms with Crippen molar-refractivity contribution in [3.8, 4) is 22.4 Å². The van der Waals surface area contributed by atoms with Gasteiger partial charge in [-0.1, -0.05) is 34.8 Å². The number of nitrogens with one attached hydrogen (secondary N) is 2. The molecule has 0 atom stereocenters. The second-order valence-corrected chi connectivity index (χ2v) is 9.17. The van der Waals surface area contributed by atoms with Crippen LogP contribution >= 0.6 is 34.8 Å². The van der Waals surface area contributed by atoms with E-state index in [0.717, 1.165) is 22.4 Å². The molecule has 0 saturated heterocycles. The summed E-state index contributed by atoms with van der Waals surface area (Å²) in [6.45, 7) is 1.44. The molecule has 0 aliphatic rings. The fourth-order valence-corrected chi connectivity index (χ4v) is 2.93. The second kappa shape index (κ2) is 10.7. The van der Waals surface area contributed by atoms with Crippen LogP contribution in [0.5, 0.6) is 0 Å². The van der Waals surface area contributed by atoms with Crippen molar-refractivity contribution in [3.63, 3.8) is 0 Å². The number of hydrogen-bond acceptors (Lipinski definition) is 7. The minimum atomic E-state index is -1.71. The van der Waals surface area contributed by atoms with Crippen molar-refractivity contribution < 1.29 is 19.1 Å². The van der Waals surface area contributed by atoms with Gasteiger partial charge in [0.2, 0.25) is 3.79 Å². The minimum absolute atomic E-state index is 0.323. The van der Waals surface area contributed by atoms with Crippen molar-refractivity contribution in [3.05, 3.63) is 54.6 Å². The molecule has 0 saturated carbocycles. The Morgan fingerprint density at radius 2 is 1.70 bits per heavy atom. The smallest absolute Gasteiger partial charge is 0.412 e. The molecule has 0 aliphatic heterocycles. The van der Waals surface area contributed by atoms with Crippen molar-refractivity contribution in [1.29, 1.82) is 0 Å². The van der Waals surface area contributed by atoms with Gasteiger partial charge in [0, 0.05) is 29.2 Å². The summed E-state index contributed by atoms with van der Waals surface area (Å²) in [5.41, 5.74) is 4.07. The molecule has 12 heteroatoms. The van der Waals surface area contributed by atoms with E-state index in [4.69, 9.17) is 39.5 Å². The van der Waals surface area contributed by atoms with E-state index < -0.39 is 22.6 Å². The first kappa shape index (κ1) is 24.5. The average molecular weight is 511 g/mol. The van der Waals surface area contributed by atoms with Crippen LogP contribution in [-0.4, -0.2) is 44.6 Å². The van der Waals surface area contributed by atoms with Crippen molar-refractivity contribution in [2.75, 3.05) is 24.4 Å². The molecule has 2 N–H and O–H groups in total. The van der Waals surface area contributed by atoms with Crippen LogP contribution in [-0.2, 0) is 9.47 Å². The van der Waals surface area contributed by atoms with Crippen LogP contribution in [0.3, 0.4) is 0 Å². The maximum Gasteiger partial charge on any atom is 0.412 e. The highest BCUT2D eigenvalue weighted by molar-refractivity contribution is 6.67. The number of carbonyl (C=O) groups is 2. The molecule has 0 radical (unpaired) electrons. The fraction of sp³-hybridized carbons (Fsp3) is 0.190. The van der Waals surface area contributed by atoms with Gasteiger partial charge in [-0.05, 0) is 42.8 Å². The number of halogens is 3. The van der Waals surface area contributed by atoms with Gasteiger partial charge >= 0.3 is 12.2 Å². The standard InChI is InChI=1S/C21H18Cl3N5O4/c1-12-16(9-15(10-27-12)28-20(31)33-11-21(22,23)24)13-3-5-25-17(7-13)14-4-6-26-18(8-14)29-19(30)32-2/h3-10H,11H2,1-2H3,(H,28,31)(H,26,29,30). The van der Waals surface area contributed by atoms with Crippen LogP contribution in [0.25, 0.3) is 22.4 Å². The Bertz CT molecular complexity index is 1170. The second-order valence-electron chi connectivity index (χ2n) is 6.65. The molecule has 0 unspecified atom stereocenters. The molecule has 33 heavy (non-hydrogen) atoms. The Labute approximate surface area is 204 Å². The van der Waals surface area contributed by atoms with Gasteiger partial charge in [-0.2, -0.15) is 0 Å². The molecule has 3 aromatic rings. The number of aryl methyl sites for hydroxylation is 1. The number of alkyl halides is 3. The zero-order valence-electron chi connectivity index (χ0n) is 17.4. The van der Waals surface area contributed by atoms with E-state index >= 15 is 0 Å². The highest BCUT2D eigenvalue weighted by atomic mass is 35.6. The zero-order valence-corrected chi connectivity index (χ0v) is 19.7. The zero-order chi connectivity index (χ0) is 24.0. The van der Waals surface area contributed by atoms with E-state index in [1.165, 1.54) is 13.3 Å². The third-order valence-corrected chi connectivity index (χ3v) is 4.57. The van der Waals surface area contributed by atoms with Gasteiger partial charge in [0.25, 0.3) is 0 Å². The van der Waals surface area contributed by atoms with Crippen LogP contribution in [0.4, 0.5) is 21.1 Å². The van der Waals surface area contributed by atoms with Crippen LogP contribution in [0, 0.1) is 6.92 Å². The van der Waals surface area contributed by atoms with Crippen LogP contribution in [0.15, 0.2) is 48.9 Å². The van der Waals surface area contributed by atoms with Crippen molar-refractivity contribution in [2.45, 2.75) is 10.7 Å². The summed E-state index contributed by atoms with van der Waals surface area (Å²) in [6, 6.07) is 8.85. The van der Waals surface area contributed by atoms with Gasteiger partial charge < -0.3 is 9.47 Å². The summed E-state index contributed by atoms with van der Waals surface area (Å²) in [5, 5.41) is 5.07. The van der Waals surface area contributed by atoms with Gasteiger partial charge in [0.1, 0.15) is 12.4 Å². The number of pyridine rings is 3. The molecule has 0 spiro atoms. The number of aromatic nitrogens is 3. The summed E-state index contributed by atoms with van der Waals surface area (Å²) in [6.07, 6.45) is 3.28. The average Bonchev–Trinajstić information content (AvgIpc) is 2.79. The van der Waals surface area contributed by atoms with Gasteiger partial charge in [-0.15, -0.1) is 0 Å². The number of rotatable bonds is 5. The lowest BCUT2D eigenvalue weighted by atomic mass is 10.0. The van der Waals surface area contributed by atoms with Crippen LogP contribution in [0.2, 0.25) is 0 Å². The van der Waals surface area contributed by atoms with Crippen LogP contribution < -0.4 is 10.6 Å². The predicted molar refractivity (Wildman–Crippen MR) is 127 cm³/mol. The number of hydrogen-bond donors (Lipinski definition) is 2. The first-order valence-electron chi connectivity index (χ1n) is 9.39. The van der Waals surface area contributed by atoms with Crippen LogP contribution in [0.1, 0.15) is 5.69 Å². The molecule has 2 amide bonds. The van der Waals surface area contributed by atoms with E-state index in [0.29, 0.717) is 17.2 Å². The molecule has 0 bridgehead atoms. The number of nitrogens with zero attached hydrogens (tertiary/aromatic N) is 3. The van der Waals surface area contributed by atoms with Gasteiger partial charge in [-0.3, -0.25) is 20.6 Å². The summed E-state index contributed by atoms with van der Waals surface area (Å²) >= 11 is 16.8. The number of methoxy groups -OCH3 is 1. The molecule has 0 fully saturated rings. The number of carbonyl (C=O) groups excluding carboxylic acids is 2. The monoisotopic (exact) mass is 509 g/mol. The lowest BCUT2D eigenvalue weighted by Gasteiger charge is -2.13. The summed E-state index contributed by atoms with van der Waals surface area (Å²) in [7, 11) is 1.27. The van der Waals surface area contributed by atoms with E-state index in [1.54, 1.807) is 30.6 Å². The van der Waals surface area contributed by atoms with E-state index in [2.05, 4.69) is 30.3 Å². The molecular weight excluding hydrogens is 493 g/mol. The first-order valence-corrected chi connectivity index (χ1v) is 10.5. The predicted octanol–water partition coefficient (Wildman–Crippen LogP) is 5.61. The van der Waals surface area contributed by atoms with E-state index in [9.17, 15) is 9.59 Å². The Morgan fingerprint density at radius 1 is 0.970 bits per heavy atom. The summed E-state index contributed by atoms with van der Waals surface area (Å²) in [5.74, 6) is 0.323. The lowest BCUT2D eigenvalue weighted by Crippen LogP contribution is -2.21. The number of anilines is 2. The third kappa shape index (κ3) is 7.18. The Hall–Kier alpha value is -3.14. The van der Waals surface area contributed by atoms with E-state index in [1.807, 2.05) is 19.1 Å². The molecule has 9 nitrogen and oxygen atoms in total. The van der Waals surface area contributed by atoms with Gasteiger partial charge in [-0.25, -0.2) is 14.6 Å². The molecule has 3 aromatic heterocycles.